The molecule has 0 spiro atoms. The lowest BCUT2D eigenvalue weighted by atomic mass is 10.0. The van der Waals surface area contributed by atoms with Crippen LogP contribution < -0.4 is 10.6 Å². The number of hydrogen-bond acceptors (Lipinski definition) is 5. The molecule has 1 aromatic carbocycles. The number of rotatable bonds is 6. The van der Waals surface area contributed by atoms with Crippen LogP contribution in [0.3, 0.4) is 0 Å². The predicted molar refractivity (Wildman–Crippen MR) is 112 cm³/mol. The summed E-state index contributed by atoms with van der Waals surface area (Å²) in [6, 6.07) is 6.16. The first-order valence-corrected chi connectivity index (χ1v) is 12.1. The van der Waals surface area contributed by atoms with Gasteiger partial charge in [0.05, 0.1) is 10.1 Å². The van der Waals surface area contributed by atoms with Crippen molar-refractivity contribution in [2.45, 2.75) is 55.6 Å². The summed E-state index contributed by atoms with van der Waals surface area (Å²) in [5, 5.41) is 4.80. The Labute approximate surface area is 173 Å². The highest BCUT2D eigenvalue weighted by molar-refractivity contribution is 7.92. The molecule has 1 saturated carbocycles. The SMILES string of the molecule is CC1CCCN(CCNC(=O)C(=O)Nc2cccc(S(=O)(=O)C3CCCC3)c2)C1. The Morgan fingerprint density at radius 3 is 2.59 bits per heavy atom. The van der Waals surface area contributed by atoms with E-state index in [0.717, 1.165) is 38.9 Å². The van der Waals surface area contributed by atoms with Gasteiger partial charge in [-0.3, -0.25) is 9.59 Å². The Morgan fingerprint density at radius 2 is 1.86 bits per heavy atom. The van der Waals surface area contributed by atoms with Gasteiger partial charge in [-0.25, -0.2) is 8.42 Å². The third kappa shape index (κ3) is 5.79. The van der Waals surface area contributed by atoms with Crippen LogP contribution in [0.1, 0.15) is 45.4 Å². The summed E-state index contributed by atoms with van der Waals surface area (Å²) < 4.78 is 25.4. The monoisotopic (exact) mass is 421 g/mol. The van der Waals surface area contributed by atoms with Gasteiger partial charge in [0, 0.05) is 25.3 Å². The van der Waals surface area contributed by atoms with Crippen LogP contribution in [-0.4, -0.2) is 56.6 Å². The average molecular weight is 422 g/mol. The number of sulfone groups is 1. The first-order chi connectivity index (χ1) is 13.9. The number of anilines is 1. The van der Waals surface area contributed by atoms with E-state index in [2.05, 4.69) is 22.5 Å². The number of piperidine rings is 1. The lowest BCUT2D eigenvalue weighted by Gasteiger charge is -2.30. The number of nitrogens with one attached hydrogen (secondary N) is 2. The zero-order chi connectivity index (χ0) is 20.9. The van der Waals surface area contributed by atoms with Gasteiger partial charge in [-0.05, 0) is 56.3 Å². The van der Waals surface area contributed by atoms with E-state index in [4.69, 9.17) is 0 Å². The van der Waals surface area contributed by atoms with Gasteiger partial charge in [-0.2, -0.15) is 0 Å². The van der Waals surface area contributed by atoms with E-state index in [-0.39, 0.29) is 10.1 Å². The summed E-state index contributed by atoms with van der Waals surface area (Å²) >= 11 is 0. The summed E-state index contributed by atoms with van der Waals surface area (Å²) in [4.78, 5) is 26.8. The maximum atomic E-state index is 12.7. The normalized spacial score (nSPS) is 21.1. The lowest BCUT2D eigenvalue weighted by molar-refractivity contribution is -0.136. The molecule has 2 amide bonds. The highest BCUT2D eigenvalue weighted by Gasteiger charge is 2.30. The maximum absolute atomic E-state index is 12.7. The molecule has 1 aliphatic heterocycles. The Kier molecular flexibility index (Phi) is 7.29. The Balaban J connectivity index is 1.51. The van der Waals surface area contributed by atoms with Crippen molar-refractivity contribution < 1.29 is 18.0 Å². The zero-order valence-electron chi connectivity index (χ0n) is 17.0. The number of likely N-dealkylation sites (tertiary alicyclic amines) is 1. The molecule has 1 unspecified atom stereocenters. The molecular weight excluding hydrogens is 390 g/mol. The number of hydrogen-bond donors (Lipinski definition) is 2. The maximum Gasteiger partial charge on any atom is 0.313 e. The van der Waals surface area contributed by atoms with Gasteiger partial charge in [0.2, 0.25) is 0 Å². The quantitative estimate of drug-likeness (QED) is 0.687. The van der Waals surface area contributed by atoms with E-state index < -0.39 is 21.7 Å². The van der Waals surface area contributed by atoms with Gasteiger partial charge >= 0.3 is 11.8 Å². The minimum absolute atomic E-state index is 0.196. The molecule has 3 rings (SSSR count). The summed E-state index contributed by atoms with van der Waals surface area (Å²) in [5.41, 5.74) is 0.314. The Morgan fingerprint density at radius 1 is 1.10 bits per heavy atom. The van der Waals surface area contributed by atoms with Crippen molar-refractivity contribution in [3.05, 3.63) is 24.3 Å². The van der Waals surface area contributed by atoms with Crippen LogP contribution in [0.5, 0.6) is 0 Å². The molecule has 2 fully saturated rings. The van der Waals surface area contributed by atoms with Crippen LogP contribution in [0.25, 0.3) is 0 Å². The summed E-state index contributed by atoms with van der Waals surface area (Å²) in [7, 11) is -3.41. The smallest absolute Gasteiger partial charge is 0.313 e. The fourth-order valence-electron chi connectivity index (χ4n) is 4.23. The minimum Gasteiger partial charge on any atom is -0.347 e. The number of carbonyl (C=O) groups is 2. The van der Waals surface area contributed by atoms with Gasteiger partial charge in [-0.1, -0.05) is 25.8 Å². The number of benzene rings is 1. The van der Waals surface area contributed by atoms with Gasteiger partial charge in [0.1, 0.15) is 0 Å². The average Bonchev–Trinajstić information content (AvgIpc) is 3.24. The number of carbonyl (C=O) groups excluding carboxylic acids is 2. The highest BCUT2D eigenvalue weighted by atomic mass is 32.2. The molecule has 8 heteroatoms. The van der Waals surface area contributed by atoms with Gasteiger partial charge in [-0.15, -0.1) is 0 Å². The van der Waals surface area contributed by atoms with E-state index in [9.17, 15) is 18.0 Å². The lowest BCUT2D eigenvalue weighted by Crippen LogP contribution is -2.42. The molecule has 1 saturated heterocycles. The second kappa shape index (κ2) is 9.71. The first-order valence-electron chi connectivity index (χ1n) is 10.5. The fourth-order valence-corrected chi connectivity index (χ4v) is 6.13. The van der Waals surface area contributed by atoms with Crippen molar-refractivity contribution in [1.82, 2.24) is 10.2 Å². The van der Waals surface area contributed by atoms with Crippen LogP contribution in [0, 0.1) is 5.92 Å². The van der Waals surface area contributed by atoms with Crippen molar-refractivity contribution in [2.75, 3.05) is 31.5 Å². The number of nitrogens with zero attached hydrogens (tertiary/aromatic N) is 1. The van der Waals surface area contributed by atoms with E-state index in [1.807, 2.05) is 0 Å². The molecule has 1 aromatic rings. The second-order valence-corrected chi connectivity index (χ2v) is 10.5. The molecule has 29 heavy (non-hydrogen) atoms. The largest absolute Gasteiger partial charge is 0.347 e. The van der Waals surface area contributed by atoms with Crippen LogP contribution in [0.15, 0.2) is 29.2 Å². The molecule has 2 N–H and O–H groups in total. The predicted octanol–water partition coefficient (Wildman–Crippen LogP) is 2.19. The van der Waals surface area contributed by atoms with E-state index >= 15 is 0 Å². The standard InChI is InChI=1S/C21H31N3O4S/c1-16-6-5-12-24(15-16)13-11-22-20(25)21(26)23-17-7-4-10-19(14-17)29(27,28)18-8-2-3-9-18/h4,7,10,14,16,18H,2-3,5-6,8-9,11-13,15H2,1H3,(H,22,25)(H,23,26). The van der Waals surface area contributed by atoms with Crippen LogP contribution in [0.4, 0.5) is 5.69 Å². The van der Waals surface area contributed by atoms with E-state index in [1.165, 1.54) is 12.5 Å². The first kappa shape index (κ1) is 21.8. The van der Waals surface area contributed by atoms with Gasteiger partial charge in [0.15, 0.2) is 9.84 Å². The molecule has 1 heterocycles. The Hall–Kier alpha value is -1.93. The molecule has 1 aliphatic carbocycles. The summed E-state index contributed by atoms with van der Waals surface area (Å²) in [6.07, 6.45) is 5.61. The highest BCUT2D eigenvalue weighted by Crippen LogP contribution is 2.30. The molecule has 2 aliphatic rings. The van der Waals surface area contributed by atoms with Crippen molar-refractivity contribution in [2.24, 2.45) is 5.92 Å². The molecule has 7 nitrogen and oxygen atoms in total. The molecule has 0 radical (unpaired) electrons. The van der Waals surface area contributed by atoms with Crippen molar-refractivity contribution >= 4 is 27.3 Å². The van der Waals surface area contributed by atoms with Crippen LogP contribution in [0.2, 0.25) is 0 Å². The van der Waals surface area contributed by atoms with Crippen LogP contribution in [-0.2, 0) is 19.4 Å². The summed E-state index contributed by atoms with van der Waals surface area (Å²) in [6.45, 7) is 5.39. The molecule has 0 bridgehead atoms. The number of amides is 2. The summed E-state index contributed by atoms with van der Waals surface area (Å²) in [5.74, 6) is -0.831. The Bertz CT molecular complexity index is 834. The van der Waals surface area contributed by atoms with Crippen molar-refractivity contribution in [3.8, 4) is 0 Å². The third-order valence-electron chi connectivity index (χ3n) is 5.82. The van der Waals surface area contributed by atoms with Gasteiger partial charge < -0.3 is 15.5 Å². The second-order valence-electron chi connectivity index (χ2n) is 8.24. The van der Waals surface area contributed by atoms with Crippen molar-refractivity contribution in [3.63, 3.8) is 0 Å². The van der Waals surface area contributed by atoms with Crippen molar-refractivity contribution in [1.29, 1.82) is 0 Å². The van der Waals surface area contributed by atoms with Crippen LogP contribution >= 0.6 is 0 Å². The topological polar surface area (TPSA) is 95.6 Å². The fraction of sp³-hybridized carbons (Fsp3) is 0.619. The molecular formula is C21H31N3O4S. The molecule has 1 atom stereocenters. The zero-order valence-corrected chi connectivity index (χ0v) is 17.8. The third-order valence-corrected chi connectivity index (χ3v) is 8.08. The van der Waals surface area contributed by atoms with Gasteiger partial charge in [0.25, 0.3) is 0 Å². The molecule has 0 aromatic heterocycles. The molecule has 160 valence electrons. The minimum atomic E-state index is -3.41. The van der Waals surface area contributed by atoms with E-state index in [1.54, 1.807) is 18.2 Å². The van der Waals surface area contributed by atoms with E-state index in [0.29, 0.717) is 31.0 Å².